The Bertz CT molecular complexity index is 1410. The molecular formula is C24H26N3O5+. The Labute approximate surface area is 184 Å². The van der Waals surface area contributed by atoms with Gasteiger partial charge in [0, 0.05) is 41.4 Å². The Morgan fingerprint density at radius 3 is 2.34 bits per heavy atom. The summed E-state index contributed by atoms with van der Waals surface area (Å²) in [7, 11) is 7.38. The number of hydrogen-bond donors (Lipinski definition) is 1. The van der Waals surface area contributed by atoms with Crippen molar-refractivity contribution in [3.8, 4) is 23.0 Å². The number of rotatable bonds is 6. The van der Waals surface area contributed by atoms with Crippen LogP contribution in [0.15, 0.2) is 35.3 Å². The first-order valence-corrected chi connectivity index (χ1v) is 10.6. The summed E-state index contributed by atoms with van der Waals surface area (Å²) in [6, 6.07) is 7.40. The van der Waals surface area contributed by atoms with E-state index in [1.165, 1.54) is 4.90 Å². The van der Waals surface area contributed by atoms with E-state index in [4.69, 9.17) is 18.9 Å². The van der Waals surface area contributed by atoms with Crippen LogP contribution in [0.3, 0.4) is 0 Å². The molecule has 3 heterocycles. The Morgan fingerprint density at radius 1 is 0.969 bits per heavy atom. The predicted octanol–water partition coefficient (Wildman–Crippen LogP) is 1.98. The summed E-state index contributed by atoms with van der Waals surface area (Å²) in [6.45, 7) is 1.73. The highest BCUT2D eigenvalue weighted by atomic mass is 16.7. The molecule has 8 heteroatoms. The fraction of sp³-hybridized carbons (Fsp3) is 0.333. The van der Waals surface area contributed by atoms with E-state index in [0.717, 1.165) is 40.2 Å². The van der Waals surface area contributed by atoms with E-state index in [2.05, 4.69) is 19.1 Å². The lowest BCUT2D eigenvalue weighted by Crippen LogP contribution is -3.05. The first-order valence-electron chi connectivity index (χ1n) is 10.6. The number of aryl methyl sites for hydroxylation is 1. The zero-order chi connectivity index (χ0) is 22.4. The van der Waals surface area contributed by atoms with E-state index in [1.54, 1.807) is 20.3 Å². The molecule has 0 unspecified atom stereocenters. The lowest BCUT2D eigenvalue weighted by Gasteiger charge is -2.17. The second-order valence-electron chi connectivity index (χ2n) is 8.26. The van der Waals surface area contributed by atoms with E-state index in [1.807, 2.05) is 29.0 Å². The molecule has 166 valence electrons. The molecule has 0 amide bonds. The van der Waals surface area contributed by atoms with Crippen LogP contribution in [-0.4, -0.2) is 51.2 Å². The van der Waals surface area contributed by atoms with Gasteiger partial charge in [-0.2, -0.15) is 0 Å². The number of quaternary nitrogens is 1. The lowest BCUT2D eigenvalue weighted by molar-refractivity contribution is -0.858. The summed E-state index contributed by atoms with van der Waals surface area (Å²) >= 11 is 0. The molecule has 0 saturated carbocycles. The number of hydrogen-bond acceptors (Lipinski definition) is 6. The molecule has 5 rings (SSSR count). The van der Waals surface area contributed by atoms with E-state index in [0.29, 0.717) is 34.9 Å². The second-order valence-corrected chi connectivity index (χ2v) is 8.26. The molecule has 0 atom stereocenters. The average molecular weight is 436 g/mol. The second kappa shape index (κ2) is 7.87. The van der Waals surface area contributed by atoms with Gasteiger partial charge in [0.2, 0.25) is 6.79 Å². The molecular weight excluding hydrogens is 410 g/mol. The molecule has 2 aromatic carbocycles. The van der Waals surface area contributed by atoms with Crippen LogP contribution in [0.1, 0.15) is 6.42 Å². The molecule has 0 aliphatic carbocycles. The number of aromatic nitrogens is 2. The third-order valence-corrected chi connectivity index (χ3v) is 5.95. The van der Waals surface area contributed by atoms with E-state index >= 15 is 0 Å². The fourth-order valence-corrected chi connectivity index (χ4v) is 4.39. The number of methoxy groups -OCH3 is 2. The first-order chi connectivity index (χ1) is 15.5. The van der Waals surface area contributed by atoms with Gasteiger partial charge in [0.25, 0.3) is 5.56 Å². The Morgan fingerprint density at radius 2 is 1.66 bits per heavy atom. The van der Waals surface area contributed by atoms with Crippen molar-refractivity contribution in [3.63, 3.8) is 0 Å². The SMILES string of the molecule is COc1cc2c(=O)n(CCC[NH+](C)C)c3c4cc5c(cc4ncc3c2cc1OC)OCO5. The maximum atomic E-state index is 13.7. The minimum atomic E-state index is -0.0626. The maximum absolute atomic E-state index is 13.7. The maximum Gasteiger partial charge on any atom is 0.259 e. The highest BCUT2D eigenvalue weighted by Gasteiger charge is 2.21. The molecule has 8 nitrogen and oxygen atoms in total. The molecule has 1 aliphatic heterocycles. The number of benzene rings is 2. The normalized spacial score (nSPS) is 12.9. The molecule has 1 N–H and O–H groups in total. The zero-order valence-corrected chi connectivity index (χ0v) is 18.7. The molecule has 0 bridgehead atoms. The van der Waals surface area contributed by atoms with Crippen molar-refractivity contribution in [1.82, 2.24) is 9.55 Å². The minimum Gasteiger partial charge on any atom is -0.493 e. The Hall–Kier alpha value is -3.52. The van der Waals surface area contributed by atoms with Gasteiger partial charge >= 0.3 is 0 Å². The van der Waals surface area contributed by atoms with Crippen molar-refractivity contribution >= 4 is 32.6 Å². The molecule has 0 spiro atoms. The van der Waals surface area contributed by atoms with Crippen LogP contribution >= 0.6 is 0 Å². The highest BCUT2D eigenvalue weighted by molar-refractivity contribution is 6.15. The molecule has 1 aliphatic rings. The van der Waals surface area contributed by atoms with E-state index in [9.17, 15) is 4.79 Å². The van der Waals surface area contributed by atoms with Crippen molar-refractivity contribution in [1.29, 1.82) is 0 Å². The van der Waals surface area contributed by atoms with Crippen LogP contribution in [0.4, 0.5) is 0 Å². The predicted molar refractivity (Wildman–Crippen MR) is 123 cm³/mol. The summed E-state index contributed by atoms with van der Waals surface area (Å²) in [5.74, 6) is 2.43. The standard InChI is InChI=1S/C24H25N3O5/c1-26(2)6-5-7-27-23-16-10-21-22(32-13-31-21)11-18(16)25-12-17(23)14-8-19(29-3)20(30-4)9-15(14)24(27)28/h8-12H,5-7,13H2,1-4H3/p+1. The monoisotopic (exact) mass is 436 g/mol. The van der Waals surface area contributed by atoms with Crippen LogP contribution < -0.4 is 29.4 Å². The van der Waals surface area contributed by atoms with Gasteiger partial charge in [-0.1, -0.05) is 0 Å². The number of nitrogens with zero attached hydrogens (tertiary/aromatic N) is 2. The van der Waals surface area contributed by atoms with E-state index < -0.39 is 0 Å². The summed E-state index contributed by atoms with van der Waals surface area (Å²) in [5.41, 5.74) is 1.53. The molecule has 0 fully saturated rings. The van der Waals surface area contributed by atoms with Crippen LogP contribution in [0, 0.1) is 0 Å². The van der Waals surface area contributed by atoms with Gasteiger partial charge in [-0.3, -0.25) is 9.78 Å². The Kier molecular flexibility index (Phi) is 5.01. The number of fused-ring (bicyclic) bond motifs is 6. The molecule has 0 saturated heterocycles. The van der Waals surface area contributed by atoms with Gasteiger partial charge < -0.3 is 28.4 Å². The van der Waals surface area contributed by atoms with Crippen molar-refractivity contribution in [2.75, 3.05) is 41.7 Å². The van der Waals surface area contributed by atoms with E-state index in [-0.39, 0.29) is 12.4 Å². The van der Waals surface area contributed by atoms with Crippen molar-refractivity contribution < 1.29 is 23.8 Å². The zero-order valence-electron chi connectivity index (χ0n) is 18.7. The Balaban J connectivity index is 1.88. The van der Waals surface area contributed by atoms with Crippen LogP contribution in [-0.2, 0) is 6.54 Å². The van der Waals surface area contributed by atoms with Gasteiger partial charge in [-0.15, -0.1) is 0 Å². The van der Waals surface area contributed by atoms with Crippen molar-refractivity contribution in [2.45, 2.75) is 13.0 Å². The number of nitrogens with one attached hydrogen (secondary N) is 1. The van der Waals surface area contributed by atoms with Crippen molar-refractivity contribution in [2.24, 2.45) is 0 Å². The molecule has 4 aromatic rings. The molecule has 32 heavy (non-hydrogen) atoms. The third kappa shape index (κ3) is 3.18. The summed E-state index contributed by atoms with van der Waals surface area (Å²) in [5, 5.41) is 3.10. The number of ether oxygens (including phenoxy) is 4. The average Bonchev–Trinajstić information content (AvgIpc) is 3.25. The largest absolute Gasteiger partial charge is 0.493 e. The smallest absolute Gasteiger partial charge is 0.259 e. The molecule has 0 radical (unpaired) electrons. The van der Waals surface area contributed by atoms with Crippen LogP contribution in [0.5, 0.6) is 23.0 Å². The topological polar surface area (TPSA) is 76.3 Å². The van der Waals surface area contributed by atoms with Crippen LogP contribution in [0.2, 0.25) is 0 Å². The highest BCUT2D eigenvalue weighted by Crippen LogP contribution is 2.40. The van der Waals surface area contributed by atoms with Crippen LogP contribution in [0.25, 0.3) is 32.6 Å². The van der Waals surface area contributed by atoms with Gasteiger partial charge in [0.1, 0.15) is 0 Å². The number of pyridine rings is 2. The van der Waals surface area contributed by atoms with Gasteiger partial charge in [0.15, 0.2) is 23.0 Å². The van der Waals surface area contributed by atoms with Gasteiger partial charge in [-0.25, -0.2) is 0 Å². The summed E-state index contributed by atoms with van der Waals surface area (Å²) in [6.07, 6.45) is 2.69. The molecule has 2 aromatic heterocycles. The summed E-state index contributed by atoms with van der Waals surface area (Å²) in [4.78, 5) is 19.8. The van der Waals surface area contributed by atoms with Gasteiger partial charge in [-0.05, 0) is 18.2 Å². The fourth-order valence-electron chi connectivity index (χ4n) is 4.39. The third-order valence-electron chi connectivity index (χ3n) is 5.95. The minimum absolute atomic E-state index is 0.0626. The van der Waals surface area contributed by atoms with Gasteiger partial charge in [0.05, 0.1) is 51.3 Å². The summed E-state index contributed by atoms with van der Waals surface area (Å²) < 4.78 is 24.0. The van der Waals surface area contributed by atoms with Crippen molar-refractivity contribution in [3.05, 3.63) is 40.8 Å². The lowest BCUT2D eigenvalue weighted by atomic mass is 10.0. The quantitative estimate of drug-likeness (QED) is 0.466. The first kappa shape index (κ1) is 20.4.